The van der Waals surface area contributed by atoms with E-state index in [1.54, 1.807) is 13.4 Å². The van der Waals surface area contributed by atoms with Crippen molar-refractivity contribution < 1.29 is 9.53 Å². The first-order chi connectivity index (χ1) is 22.5. The largest absolute Gasteiger partial charge is 0.495 e. The first-order valence-corrected chi connectivity index (χ1v) is 15.9. The summed E-state index contributed by atoms with van der Waals surface area (Å²) >= 11 is 0. The molecule has 1 aliphatic carbocycles. The van der Waals surface area contributed by atoms with E-state index in [1.165, 1.54) is 5.69 Å². The molecule has 2 aromatic carbocycles. The second-order valence-corrected chi connectivity index (χ2v) is 12.4. The van der Waals surface area contributed by atoms with Crippen molar-refractivity contribution in [2.75, 3.05) is 24.7 Å². The molecule has 1 saturated carbocycles. The molecule has 6 aromatic rings. The minimum atomic E-state index is -0.204. The summed E-state index contributed by atoms with van der Waals surface area (Å²) in [5.41, 5.74) is 12.7. The number of carbonyl (C=O) groups excluding carboxylic acids is 1. The van der Waals surface area contributed by atoms with Gasteiger partial charge >= 0.3 is 0 Å². The number of fused-ring (bicyclic) bond motifs is 3. The molecule has 2 aliphatic rings. The highest BCUT2D eigenvalue weighted by atomic mass is 16.5. The van der Waals surface area contributed by atoms with Crippen molar-refractivity contribution in [2.45, 2.75) is 50.9 Å². The lowest BCUT2D eigenvalue weighted by molar-refractivity contribution is 0.101. The van der Waals surface area contributed by atoms with E-state index >= 15 is 0 Å². The number of nitrogens with one attached hydrogen (secondary N) is 1. The molecule has 1 amide bonds. The lowest BCUT2D eigenvalue weighted by Crippen LogP contribution is -2.43. The van der Waals surface area contributed by atoms with Crippen LogP contribution in [0.2, 0.25) is 0 Å². The third-order valence-corrected chi connectivity index (χ3v) is 9.93. The maximum Gasteiger partial charge on any atom is 0.272 e. The van der Waals surface area contributed by atoms with Crippen LogP contribution in [0.4, 0.5) is 11.5 Å². The summed E-state index contributed by atoms with van der Waals surface area (Å²) in [6.07, 6.45) is 10.0. The molecule has 0 spiro atoms. The van der Waals surface area contributed by atoms with E-state index in [2.05, 4.69) is 41.8 Å². The van der Waals surface area contributed by atoms with Gasteiger partial charge in [0.05, 0.1) is 30.4 Å². The number of carbonyl (C=O) groups is 1. The zero-order valence-electron chi connectivity index (χ0n) is 26.1. The van der Waals surface area contributed by atoms with Crippen LogP contribution in [0.5, 0.6) is 5.75 Å². The van der Waals surface area contributed by atoms with Crippen LogP contribution in [0.25, 0.3) is 33.1 Å². The Hall–Kier alpha value is -5.16. The Morgan fingerprint density at radius 1 is 1.00 bits per heavy atom. The number of aryl methyl sites for hydroxylation is 1. The average molecular weight is 616 g/mol. The van der Waals surface area contributed by atoms with Gasteiger partial charge in [-0.3, -0.25) is 14.4 Å². The van der Waals surface area contributed by atoms with Crippen LogP contribution in [0, 0.1) is 0 Å². The van der Waals surface area contributed by atoms with Gasteiger partial charge in [0.2, 0.25) is 0 Å². The molecule has 0 radical (unpaired) electrons. The van der Waals surface area contributed by atoms with Crippen LogP contribution in [-0.2, 0) is 20.1 Å². The van der Waals surface area contributed by atoms with Crippen molar-refractivity contribution in [3.05, 3.63) is 84.7 Å². The summed E-state index contributed by atoms with van der Waals surface area (Å²) in [4.78, 5) is 25.0. The molecule has 1 fully saturated rings. The Balaban J connectivity index is 1.05. The number of hydrogen-bond donors (Lipinski definition) is 2. The van der Waals surface area contributed by atoms with Gasteiger partial charge in [-0.25, -0.2) is 9.97 Å². The maximum atomic E-state index is 13.4. The second kappa shape index (κ2) is 11.3. The molecular weight excluding hydrogens is 578 g/mol. The van der Waals surface area contributed by atoms with Crippen LogP contribution >= 0.6 is 0 Å². The number of hydrogen-bond acceptors (Lipinski definition) is 7. The van der Waals surface area contributed by atoms with Gasteiger partial charge in [-0.15, -0.1) is 0 Å². The van der Waals surface area contributed by atoms with Crippen LogP contribution in [-0.4, -0.2) is 59.4 Å². The zero-order chi connectivity index (χ0) is 31.4. The molecule has 3 N–H and O–H groups in total. The Morgan fingerprint density at radius 2 is 1.83 bits per heavy atom. The summed E-state index contributed by atoms with van der Waals surface area (Å²) in [6.45, 7) is 2.97. The fraction of sp³-hybridized carbons (Fsp3) is 0.314. The van der Waals surface area contributed by atoms with E-state index in [9.17, 15) is 4.79 Å². The number of anilines is 2. The second-order valence-electron chi connectivity index (χ2n) is 12.4. The smallest absolute Gasteiger partial charge is 0.272 e. The number of nitrogens with zero attached hydrogens (tertiary/aromatic N) is 7. The van der Waals surface area contributed by atoms with Gasteiger partial charge in [-0.2, -0.15) is 5.10 Å². The van der Waals surface area contributed by atoms with E-state index in [0.29, 0.717) is 35.0 Å². The zero-order valence-corrected chi connectivity index (χ0v) is 26.1. The monoisotopic (exact) mass is 615 g/mol. The van der Waals surface area contributed by atoms with E-state index in [4.69, 9.17) is 15.5 Å². The molecule has 1 aliphatic heterocycles. The Morgan fingerprint density at radius 3 is 2.65 bits per heavy atom. The molecule has 11 nitrogen and oxygen atoms in total. The molecule has 4 aromatic heterocycles. The lowest BCUT2D eigenvalue weighted by atomic mass is 9.89. The minimum absolute atomic E-state index is 0.204. The third-order valence-electron chi connectivity index (χ3n) is 9.93. The molecule has 234 valence electrons. The molecule has 0 bridgehead atoms. The maximum absolute atomic E-state index is 13.4. The van der Waals surface area contributed by atoms with Gasteiger partial charge in [0.25, 0.3) is 5.91 Å². The first-order valence-electron chi connectivity index (χ1n) is 15.9. The Bertz CT molecular complexity index is 2080. The van der Waals surface area contributed by atoms with E-state index < -0.39 is 0 Å². The predicted molar refractivity (Wildman–Crippen MR) is 179 cm³/mol. The number of rotatable bonds is 6. The highest BCUT2D eigenvalue weighted by molar-refractivity contribution is 6.07. The topological polar surface area (TPSA) is 121 Å². The highest BCUT2D eigenvalue weighted by Gasteiger charge is 2.30. The number of amides is 1. The predicted octanol–water partition coefficient (Wildman–Crippen LogP) is 5.63. The van der Waals surface area contributed by atoms with Crippen molar-refractivity contribution in [1.82, 2.24) is 33.8 Å². The van der Waals surface area contributed by atoms with Gasteiger partial charge in [0, 0.05) is 61.1 Å². The minimum Gasteiger partial charge on any atom is -0.495 e. The summed E-state index contributed by atoms with van der Waals surface area (Å²) in [7, 11) is 3.51. The quantitative estimate of drug-likeness (QED) is 0.249. The fourth-order valence-electron chi connectivity index (χ4n) is 7.48. The van der Waals surface area contributed by atoms with Crippen LogP contribution in [0.1, 0.15) is 47.9 Å². The average Bonchev–Trinajstić information content (AvgIpc) is 3.81. The number of nitrogen functional groups attached to an aromatic ring is 1. The van der Waals surface area contributed by atoms with Gasteiger partial charge in [-0.1, -0.05) is 24.3 Å². The van der Waals surface area contributed by atoms with Crippen molar-refractivity contribution >= 4 is 39.3 Å². The molecular formula is C35H37N9O2. The summed E-state index contributed by atoms with van der Waals surface area (Å²) < 4.78 is 12.1. The van der Waals surface area contributed by atoms with Crippen molar-refractivity contribution in [3.63, 3.8) is 0 Å². The van der Waals surface area contributed by atoms with Crippen LogP contribution in [0.3, 0.4) is 0 Å². The van der Waals surface area contributed by atoms with Gasteiger partial charge in [0.15, 0.2) is 0 Å². The summed E-state index contributed by atoms with van der Waals surface area (Å²) in [6, 6.07) is 18.7. The molecule has 0 saturated heterocycles. The molecule has 0 atom stereocenters. The van der Waals surface area contributed by atoms with Crippen LogP contribution < -0.4 is 15.8 Å². The van der Waals surface area contributed by atoms with Gasteiger partial charge in [0.1, 0.15) is 29.2 Å². The normalized spacial score (nSPS) is 18.6. The van der Waals surface area contributed by atoms with E-state index in [0.717, 1.165) is 78.4 Å². The van der Waals surface area contributed by atoms with E-state index in [-0.39, 0.29) is 5.91 Å². The molecule has 8 rings (SSSR count). The number of ether oxygens (including phenoxy) is 1. The number of nitrogens with two attached hydrogens (primary N) is 1. The Labute approximate surface area is 266 Å². The van der Waals surface area contributed by atoms with Gasteiger partial charge in [-0.05, 0) is 61.6 Å². The van der Waals surface area contributed by atoms with Crippen molar-refractivity contribution in [1.29, 1.82) is 0 Å². The first kappa shape index (κ1) is 28.3. The van der Waals surface area contributed by atoms with E-state index in [1.807, 2.05) is 66.3 Å². The third kappa shape index (κ3) is 4.78. The molecule has 5 heterocycles. The van der Waals surface area contributed by atoms with Crippen molar-refractivity contribution in [2.24, 2.45) is 7.05 Å². The van der Waals surface area contributed by atoms with Gasteiger partial charge < -0.3 is 24.9 Å². The highest BCUT2D eigenvalue weighted by Crippen LogP contribution is 2.41. The summed E-state index contributed by atoms with van der Waals surface area (Å²) in [5, 5.41) is 9.34. The SMILES string of the molecule is COc1cc(-c2cn(C3CCC(N4CCn5nccc5C4)CC3)c3ncnc(N)c23)ccc1NC(=O)c1cc2ccccc2n1C. The molecule has 0 unspecified atom stereocenters. The molecule has 11 heteroatoms. The summed E-state index contributed by atoms with van der Waals surface area (Å²) in [5.74, 6) is 0.804. The number of methoxy groups -OCH3 is 1. The number of para-hydroxylation sites is 1. The van der Waals surface area contributed by atoms with Crippen LogP contribution in [0.15, 0.2) is 73.3 Å². The lowest BCUT2D eigenvalue weighted by Gasteiger charge is -2.39. The Kier molecular flexibility index (Phi) is 6.97. The standard InChI is InChI=1S/C35H37N9O2/c1-41-29-6-4-3-5-23(29)17-30(41)35(45)40-28-12-7-22(18-31(28)46-2)27-20-43(34-32(27)33(36)37-21-38-34)25-10-8-24(9-11-25)42-15-16-44-26(19-42)13-14-39-44/h3-7,12-14,17-18,20-21,24-25H,8-11,15-16,19H2,1-2H3,(H,40,45)(H2,36,37,38). The van der Waals surface area contributed by atoms with Crippen molar-refractivity contribution in [3.8, 4) is 16.9 Å². The number of aromatic nitrogens is 6. The fourth-order valence-corrected chi connectivity index (χ4v) is 7.48. The number of benzene rings is 2. The molecule has 46 heavy (non-hydrogen) atoms.